The molecule has 208 valence electrons. The summed E-state index contributed by atoms with van der Waals surface area (Å²) in [5.74, 6) is -3.26. The first kappa shape index (κ1) is 31.8. The van der Waals surface area contributed by atoms with Gasteiger partial charge in [0.05, 0.1) is 6.10 Å². The second-order valence-electron chi connectivity index (χ2n) is 9.57. The van der Waals surface area contributed by atoms with Crippen LogP contribution < -0.4 is 27.4 Å². The molecule has 0 radical (unpaired) electrons. The third-order valence-electron chi connectivity index (χ3n) is 5.73. The molecule has 12 nitrogen and oxygen atoms in total. The van der Waals surface area contributed by atoms with E-state index in [9.17, 15) is 34.5 Å². The van der Waals surface area contributed by atoms with E-state index >= 15 is 0 Å². The van der Waals surface area contributed by atoms with Crippen molar-refractivity contribution in [2.75, 3.05) is 6.54 Å². The molecule has 0 heterocycles. The molecule has 0 aromatic heterocycles. The lowest BCUT2D eigenvalue weighted by Crippen LogP contribution is -2.58. The predicted molar refractivity (Wildman–Crippen MR) is 137 cm³/mol. The number of amides is 3. The lowest BCUT2D eigenvalue weighted by molar-refractivity contribution is -0.143. The number of carboxylic acid groups (broad SMARTS) is 1. The fraction of sp³-hybridized carbons (Fsp3) is 0.600. The van der Waals surface area contributed by atoms with Crippen molar-refractivity contribution in [1.29, 1.82) is 0 Å². The van der Waals surface area contributed by atoms with Crippen LogP contribution in [0.1, 0.15) is 52.0 Å². The number of carbonyl (C=O) groups is 4. The van der Waals surface area contributed by atoms with Gasteiger partial charge in [-0.2, -0.15) is 0 Å². The highest BCUT2D eigenvalue weighted by atomic mass is 16.4. The van der Waals surface area contributed by atoms with Crippen LogP contribution in [-0.4, -0.2) is 75.8 Å². The zero-order valence-electron chi connectivity index (χ0n) is 21.6. The first-order chi connectivity index (χ1) is 17.3. The number of hydrogen-bond donors (Lipinski definition) is 8. The van der Waals surface area contributed by atoms with E-state index in [4.69, 9.17) is 11.5 Å². The van der Waals surface area contributed by atoms with Crippen molar-refractivity contribution in [3.05, 3.63) is 29.8 Å². The Labute approximate surface area is 217 Å². The van der Waals surface area contributed by atoms with Crippen molar-refractivity contribution in [3.63, 3.8) is 0 Å². The van der Waals surface area contributed by atoms with Gasteiger partial charge in [0.1, 0.15) is 29.9 Å². The second-order valence-corrected chi connectivity index (χ2v) is 9.57. The molecule has 3 amide bonds. The summed E-state index contributed by atoms with van der Waals surface area (Å²) >= 11 is 0. The van der Waals surface area contributed by atoms with Crippen LogP contribution in [0.5, 0.6) is 5.75 Å². The normalized spacial score (nSPS) is 15.2. The fourth-order valence-corrected chi connectivity index (χ4v) is 3.56. The van der Waals surface area contributed by atoms with Gasteiger partial charge in [0, 0.05) is 6.42 Å². The molecule has 0 bridgehead atoms. The van der Waals surface area contributed by atoms with Crippen LogP contribution in [0.25, 0.3) is 0 Å². The van der Waals surface area contributed by atoms with E-state index in [1.165, 1.54) is 19.1 Å². The molecule has 0 spiro atoms. The summed E-state index contributed by atoms with van der Waals surface area (Å²) in [6, 6.07) is 1.35. The Morgan fingerprint density at radius 1 is 0.865 bits per heavy atom. The van der Waals surface area contributed by atoms with E-state index in [2.05, 4.69) is 16.0 Å². The predicted octanol–water partition coefficient (Wildman–Crippen LogP) is -0.643. The lowest BCUT2D eigenvalue weighted by atomic mass is 10.0. The molecular formula is C25H41N5O7. The SMILES string of the molecule is CC(C)CC(NC(=O)C(CCCCN)NC(=O)C(Cc1ccc(O)cc1)NC(=O)C(N)C(C)O)C(=O)O. The van der Waals surface area contributed by atoms with Crippen molar-refractivity contribution < 1.29 is 34.5 Å². The number of unbranched alkanes of at least 4 members (excludes halogenated alkanes) is 1. The minimum atomic E-state index is -1.29. The molecule has 0 saturated carbocycles. The highest BCUT2D eigenvalue weighted by Gasteiger charge is 2.31. The number of nitrogens with two attached hydrogens (primary N) is 2. The summed E-state index contributed by atoms with van der Waals surface area (Å²) in [7, 11) is 0. The smallest absolute Gasteiger partial charge is 0.326 e. The van der Waals surface area contributed by atoms with Crippen LogP contribution in [0, 0.1) is 5.92 Å². The highest BCUT2D eigenvalue weighted by molar-refractivity contribution is 5.94. The summed E-state index contributed by atoms with van der Waals surface area (Å²) in [5.41, 5.74) is 11.9. The van der Waals surface area contributed by atoms with Crippen molar-refractivity contribution in [1.82, 2.24) is 16.0 Å². The number of rotatable bonds is 16. The molecular weight excluding hydrogens is 482 g/mol. The number of benzene rings is 1. The van der Waals surface area contributed by atoms with Gasteiger partial charge in [-0.15, -0.1) is 0 Å². The second kappa shape index (κ2) is 15.8. The standard InChI is InChI=1S/C25H41N5O7/c1-14(2)12-20(25(36)37)30-22(33)18(6-4-5-11-26)28-23(34)19(29-24(35)21(27)15(3)31)13-16-7-9-17(32)10-8-16/h7-10,14-15,18-21,31-32H,4-6,11-13,26-27H2,1-3H3,(H,28,34)(H,29,35)(H,30,33)(H,36,37). The molecule has 10 N–H and O–H groups in total. The van der Waals surface area contributed by atoms with E-state index in [1.54, 1.807) is 12.1 Å². The van der Waals surface area contributed by atoms with Gasteiger partial charge < -0.3 is 42.7 Å². The quantitative estimate of drug-likeness (QED) is 0.129. The van der Waals surface area contributed by atoms with Gasteiger partial charge in [0.15, 0.2) is 0 Å². The largest absolute Gasteiger partial charge is 0.508 e. The maximum absolute atomic E-state index is 13.3. The number of phenolic OH excluding ortho intramolecular Hbond substituents is 1. The summed E-state index contributed by atoms with van der Waals surface area (Å²) in [6.07, 6.45) is 0.342. The fourth-order valence-electron chi connectivity index (χ4n) is 3.56. The molecule has 1 rings (SSSR count). The Morgan fingerprint density at radius 3 is 1.92 bits per heavy atom. The third kappa shape index (κ3) is 11.6. The van der Waals surface area contributed by atoms with Gasteiger partial charge >= 0.3 is 5.97 Å². The summed E-state index contributed by atoms with van der Waals surface area (Å²) in [5, 5.41) is 36.3. The minimum absolute atomic E-state index is 0.00657. The lowest BCUT2D eigenvalue weighted by Gasteiger charge is -2.26. The van der Waals surface area contributed by atoms with E-state index in [1.807, 2.05) is 13.8 Å². The van der Waals surface area contributed by atoms with Crippen molar-refractivity contribution >= 4 is 23.7 Å². The molecule has 12 heteroatoms. The number of aromatic hydroxyl groups is 1. The molecule has 0 aliphatic carbocycles. The maximum Gasteiger partial charge on any atom is 0.326 e. The summed E-state index contributed by atoms with van der Waals surface area (Å²) < 4.78 is 0. The Bertz CT molecular complexity index is 892. The molecule has 0 aliphatic rings. The van der Waals surface area contributed by atoms with E-state index < -0.39 is 54.0 Å². The zero-order valence-corrected chi connectivity index (χ0v) is 21.6. The van der Waals surface area contributed by atoms with Gasteiger partial charge in [-0.05, 0) is 62.8 Å². The first-order valence-electron chi connectivity index (χ1n) is 12.4. The Hall–Kier alpha value is -3.22. The molecule has 0 saturated heterocycles. The third-order valence-corrected chi connectivity index (χ3v) is 5.73. The highest BCUT2D eigenvalue weighted by Crippen LogP contribution is 2.13. The number of carbonyl (C=O) groups excluding carboxylic acids is 3. The van der Waals surface area contributed by atoms with Crippen molar-refractivity contribution in [2.45, 2.75) is 83.1 Å². The Kier molecular flexibility index (Phi) is 13.6. The number of carboxylic acids is 1. The maximum atomic E-state index is 13.3. The van der Waals surface area contributed by atoms with Crippen LogP contribution in [0.2, 0.25) is 0 Å². The molecule has 0 fully saturated rings. The van der Waals surface area contributed by atoms with E-state index in [0.29, 0.717) is 24.9 Å². The van der Waals surface area contributed by atoms with Crippen molar-refractivity contribution in [2.24, 2.45) is 17.4 Å². The monoisotopic (exact) mass is 523 g/mol. The van der Waals surface area contributed by atoms with Crippen LogP contribution in [-0.2, 0) is 25.6 Å². The molecule has 0 aliphatic heterocycles. The van der Waals surface area contributed by atoms with Gasteiger partial charge in [-0.1, -0.05) is 26.0 Å². The van der Waals surface area contributed by atoms with E-state index in [-0.39, 0.29) is 30.9 Å². The van der Waals surface area contributed by atoms with Gasteiger partial charge in [-0.3, -0.25) is 14.4 Å². The number of aliphatic hydroxyl groups is 1. The van der Waals surface area contributed by atoms with Gasteiger partial charge in [-0.25, -0.2) is 4.79 Å². The van der Waals surface area contributed by atoms with Crippen LogP contribution >= 0.6 is 0 Å². The molecule has 1 aromatic carbocycles. The van der Waals surface area contributed by atoms with Gasteiger partial charge in [0.25, 0.3) is 0 Å². The first-order valence-corrected chi connectivity index (χ1v) is 12.4. The topological polar surface area (TPSA) is 217 Å². The number of nitrogens with one attached hydrogen (secondary N) is 3. The Morgan fingerprint density at radius 2 is 1.41 bits per heavy atom. The minimum Gasteiger partial charge on any atom is -0.508 e. The average molecular weight is 524 g/mol. The zero-order chi connectivity index (χ0) is 28.1. The number of hydrogen-bond acceptors (Lipinski definition) is 8. The van der Waals surface area contributed by atoms with Crippen molar-refractivity contribution in [3.8, 4) is 5.75 Å². The molecule has 5 atom stereocenters. The number of aliphatic hydroxyl groups excluding tert-OH is 1. The molecule has 37 heavy (non-hydrogen) atoms. The number of phenols is 1. The number of aliphatic carboxylic acids is 1. The molecule has 5 unspecified atom stereocenters. The summed E-state index contributed by atoms with van der Waals surface area (Å²) in [6.45, 7) is 5.38. The summed E-state index contributed by atoms with van der Waals surface area (Å²) in [4.78, 5) is 50.5. The van der Waals surface area contributed by atoms with Crippen LogP contribution in [0.4, 0.5) is 0 Å². The van der Waals surface area contributed by atoms with Crippen LogP contribution in [0.3, 0.4) is 0 Å². The molecule has 1 aromatic rings. The van der Waals surface area contributed by atoms with E-state index in [0.717, 1.165) is 0 Å². The average Bonchev–Trinajstić information content (AvgIpc) is 2.82. The van der Waals surface area contributed by atoms with Crippen LogP contribution in [0.15, 0.2) is 24.3 Å². The van der Waals surface area contributed by atoms with Gasteiger partial charge in [0.2, 0.25) is 17.7 Å². The Balaban J connectivity index is 3.14.